The van der Waals surface area contributed by atoms with E-state index in [-0.39, 0.29) is 30.6 Å². The maximum absolute atomic E-state index is 11.7. The summed E-state index contributed by atoms with van der Waals surface area (Å²) in [7, 11) is 1.64. The number of urea groups is 1. The van der Waals surface area contributed by atoms with Gasteiger partial charge in [-0.15, -0.1) is 0 Å². The third kappa shape index (κ3) is 10.3. The quantitative estimate of drug-likeness (QED) is 0.667. The fourth-order valence-corrected chi connectivity index (χ4v) is 1.47. The lowest BCUT2D eigenvalue weighted by atomic mass is 10.1. The second kappa shape index (κ2) is 7.84. The van der Waals surface area contributed by atoms with E-state index in [9.17, 15) is 14.4 Å². The van der Waals surface area contributed by atoms with E-state index in [1.165, 1.54) is 0 Å². The Bertz CT molecular complexity index is 361. The van der Waals surface area contributed by atoms with Crippen molar-refractivity contribution >= 4 is 17.8 Å². The van der Waals surface area contributed by atoms with Gasteiger partial charge in [0, 0.05) is 11.6 Å². The van der Waals surface area contributed by atoms with Crippen molar-refractivity contribution in [3.8, 4) is 0 Å². The summed E-state index contributed by atoms with van der Waals surface area (Å²) < 4.78 is 0. The summed E-state index contributed by atoms with van der Waals surface area (Å²) in [5.74, 6) is -0.617. The Morgan fingerprint density at radius 3 is 2.00 bits per heavy atom. The minimum Gasteiger partial charge on any atom is -0.350 e. The summed E-state index contributed by atoms with van der Waals surface area (Å²) >= 11 is 0. The smallest absolute Gasteiger partial charge is 0.321 e. The summed E-state index contributed by atoms with van der Waals surface area (Å²) in [6.07, 6.45) is 0. The van der Waals surface area contributed by atoms with Crippen LogP contribution in [0.3, 0.4) is 0 Å². The van der Waals surface area contributed by atoms with E-state index < -0.39 is 11.9 Å². The molecular weight excluding hydrogens is 260 g/mol. The molecule has 0 aliphatic heterocycles. The van der Waals surface area contributed by atoms with Gasteiger partial charge in [-0.25, -0.2) is 4.79 Å². The lowest BCUT2D eigenvalue weighted by Gasteiger charge is -2.23. The fraction of sp³-hybridized carbons (Fsp3) is 0.769. The number of carbonyl (C=O) groups is 3. The molecule has 0 saturated carbocycles. The van der Waals surface area contributed by atoms with Crippen molar-refractivity contribution in [2.45, 2.75) is 46.2 Å². The second-order valence-electron chi connectivity index (χ2n) is 6.15. The zero-order chi connectivity index (χ0) is 15.9. The van der Waals surface area contributed by atoms with Crippen LogP contribution in [0.25, 0.3) is 0 Å². The standard InChI is InChI=1S/C13H26N4O3/c1-9(2)14-12(20)15-10(18)7-17(6)8-11(19)16-13(3,4)5/h9H,7-8H2,1-6H3,(H,16,19)(H2,14,15,18,20). The number of likely N-dealkylation sites (N-methyl/N-ethyl adjacent to an activating group) is 1. The van der Waals surface area contributed by atoms with Crippen molar-refractivity contribution in [1.82, 2.24) is 20.9 Å². The summed E-state index contributed by atoms with van der Waals surface area (Å²) in [5, 5.41) is 7.55. The van der Waals surface area contributed by atoms with Gasteiger partial charge in [-0.05, 0) is 41.7 Å². The lowest BCUT2D eigenvalue weighted by molar-refractivity contribution is -0.124. The molecule has 20 heavy (non-hydrogen) atoms. The van der Waals surface area contributed by atoms with Crippen LogP contribution in [0.2, 0.25) is 0 Å². The number of rotatable bonds is 5. The van der Waals surface area contributed by atoms with E-state index in [0.717, 1.165) is 0 Å². The number of nitrogens with zero attached hydrogens (tertiary/aromatic N) is 1. The first-order valence-electron chi connectivity index (χ1n) is 6.59. The van der Waals surface area contributed by atoms with Gasteiger partial charge >= 0.3 is 6.03 Å². The van der Waals surface area contributed by atoms with Gasteiger partial charge in [0.15, 0.2) is 0 Å². The van der Waals surface area contributed by atoms with Crippen LogP contribution in [0.4, 0.5) is 4.79 Å². The molecule has 0 rings (SSSR count). The van der Waals surface area contributed by atoms with Crippen molar-refractivity contribution in [3.05, 3.63) is 0 Å². The van der Waals surface area contributed by atoms with Gasteiger partial charge in [0.2, 0.25) is 11.8 Å². The summed E-state index contributed by atoms with van der Waals surface area (Å²) in [4.78, 5) is 36.1. The highest BCUT2D eigenvalue weighted by molar-refractivity contribution is 5.95. The maximum Gasteiger partial charge on any atom is 0.321 e. The molecule has 0 unspecified atom stereocenters. The molecule has 0 saturated heterocycles. The molecule has 0 spiro atoms. The Balaban J connectivity index is 4.08. The molecule has 116 valence electrons. The Kier molecular flexibility index (Phi) is 7.20. The van der Waals surface area contributed by atoms with Crippen molar-refractivity contribution in [3.63, 3.8) is 0 Å². The molecule has 0 aliphatic rings. The first-order valence-corrected chi connectivity index (χ1v) is 6.59. The molecule has 7 nitrogen and oxygen atoms in total. The van der Waals surface area contributed by atoms with E-state index in [1.807, 2.05) is 20.8 Å². The Hall–Kier alpha value is -1.63. The van der Waals surface area contributed by atoms with Crippen LogP contribution in [-0.2, 0) is 9.59 Å². The van der Waals surface area contributed by atoms with Crippen molar-refractivity contribution in [1.29, 1.82) is 0 Å². The Morgan fingerprint density at radius 2 is 1.55 bits per heavy atom. The van der Waals surface area contributed by atoms with Gasteiger partial charge in [-0.3, -0.25) is 19.8 Å². The van der Waals surface area contributed by atoms with Crippen LogP contribution >= 0.6 is 0 Å². The molecule has 0 radical (unpaired) electrons. The number of hydrogen-bond donors (Lipinski definition) is 3. The summed E-state index contributed by atoms with van der Waals surface area (Å²) in [6.45, 7) is 9.31. The molecule has 0 aromatic rings. The highest BCUT2D eigenvalue weighted by atomic mass is 16.2. The van der Waals surface area contributed by atoms with Crippen molar-refractivity contribution < 1.29 is 14.4 Å². The number of amides is 4. The topological polar surface area (TPSA) is 90.5 Å². The maximum atomic E-state index is 11.7. The van der Waals surface area contributed by atoms with Crippen LogP contribution < -0.4 is 16.0 Å². The van der Waals surface area contributed by atoms with Gasteiger partial charge in [-0.1, -0.05) is 0 Å². The van der Waals surface area contributed by atoms with E-state index >= 15 is 0 Å². The fourth-order valence-electron chi connectivity index (χ4n) is 1.47. The zero-order valence-corrected chi connectivity index (χ0v) is 13.2. The molecule has 4 amide bonds. The second-order valence-corrected chi connectivity index (χ2v) is 6.15. The number of nitrogens with one attached hydrogen (secondary N) is 3. The molecule has 0 aliphatic carbocycles. The number of hydrogen-bond acceptors (Lipinski definition) is 4. The summed E-state index contributed by atoms with van der Waals surface area (Å²) in [6, 6.07) is -0.573. The van der Waals surface area contributed by atoms with Crippen LogP contribution in [0, 0.1) is 0 Å². The number of carbonyl (C=O) groups excluding carboxylic acids is 3. The van der Waals surface area contributed by atoms with Crippen molar-refractivity contribution in [2.75, 3.05) is 20.1 Å². The van der Waals surface area contributed by atoms with Gasteiger partial charge in [0.05, 0.1) is 13.1 Å². The molecule has 3 N–H and O–H groups in total. The van der Waals surface area contributed by atoms with Gasteiger partial charge in [0.1, 0.15) is 0 Å². The third-order valence-electron chi connectivity index (χ3n) is 2.01. The van der Waals surface area contributed by atoms with Crippen LogP contribution in [0.15, 0.2) is 0 Å². The SMILES string of the molecule is CC(C)NC(=O)NC(=O)CN(C)CC(=O)NC(C)(C)C. The minimum absolute atomic E-state index is 0.0247. The molecule has 0 bridgehead atoms. The predicted octanol–water partition coefficient (Wildman–Crippen LogP) is 0.0671. The largest absolute Gasteiger partial charge is 0.350 e. The minimum atomic E-state index is -0.530. The van der Waals surface area contributed by atoms with E-state index in [0.29, 0.717) is 0 Å². The molecule has 0 aromatic heterocycles. The average molecular weight is 286 g/mol. The Labute approximate surface area is 120 Å². The van der Waals surface area contributed by atoms with Crippen LogP contribution in [0.5, 0.6) is 0 Å². The predicted molar refractivity (Wildman–Crippen MR) is 77.2 cm³/mol. The van der Waals surface area contributed by atoms with Crippen molar-refractivity contribution in [2.24, 2.45) is 0 Å². The van der Waals surface area contributed by atoms with Crippen LogP contribution in [0.1, 0.15) is 34.6 Å². The lowest BCUT2D eigenvalue weighted by Crippen LogP contribution is -2.49. The van der Waals surface area contributed by atoms with E-state index in [4.69, 9.17) is 0 Å². The first kappa shape index (κ1) is 18.4. The number of imide groups is 1. The van der Waals surface area contributed by atoms with Gasteiger partial charge < -0.3 is 10.6 Å². The van der Waals surface area contributed by atoms with E-state index in [1.54, 1.807) is 25.8 Å². The highest BCUT2D eigenvalue weighted by Gasteiger charge is 2.17. The van der Waals surface area contributed by atoms with Gasteiger partial charge in [-0.2, -0.15) is 0 Å². The molecule has 0 fully saturated rings. The zero-order valence-electron chi connectivity index (χ0n) is 13.2. The third-order valence-corrected chi connectivity index (χ3v) is 2.01. The average Bonchev–Trinajstić information content (AvgIpc) is 2.09. The molecule has 0 aromatic carbocycles. The normalized spacial score (nSPS) is 11.4. The molecule has 7 heteroatoms. The molecular formula is C13H26N4O3. The monoisotopic (exact) mass is 286 g/mol. The molecule has 0 heterocycles. The Morgan fingerprint density at radius 1 is 1.05 bits per heavy atom. The highest BCUT2D eigenvalue weighted by Crippen LogP contribution is 1.98. The van der Waals surface area contributed by atoms with Crippen LogP contribution in [-0.4, -0.2) is 54.5 Å². The first-order chi connectivity index (χ1) is 8.99. The molecule has 0 atom stereocenters. The van der Waals surface area contributed by atoms with E-state index in [2.05, 4.69) is 16.0 Å². The van der Waals surface area contributed by atoms with Gasteiger partial charge in [0.25, 0.3) is 0 Å². The summed E-state index contributed by atoms with van der Waals surface area (Å²) in [5.41, 5.74) is -0.308.